The quantitative estimate of drug-likeness (QED) is 0.544. The summed E-state index contributed by atoms with van der Waals surface area (Å²) in [4.78, 5) is 0. The summed E-state index contributed by atoms with van der Waals surface area (Å²) in [5.41, 5.74) is 0.780. The predicted molar refractivity (Wildman–Crippen MR) is 82.6 cm³/mol. The van der Waals surface area contributed by atoms with Crippen LogP contribution in [0.4, 0.5) is 17.6 Å². The van der Waals surface area contributed by atoms with Gasteiger partial charge in [0.1, 0.15) is 0 Å². The zero-order valence-corrected chi connectivity index (χ0v) is 13.3. The van der Waals surface area contributed by atoms with Gasteiger partial charge in [-0.1, -0.05) is 25.5 Å². The highest BCUT2D eigenvalue weighted by molar-refractivity contribution is 5.36. The first-order chi connectivity index (χ1) is 11.0. The Kier molecular flexibility index (Phi) is 4.79. The van der Waals surface area contributed by atoms with Crippen molar-refractivity contribution in [2.24, 2.45) is 5.92 Å². The summed E-state index contributed by atoms with van der Waals surface area (Å²) in [5.74, 6) is -1.12. The number of hydrogen-bond acceptors (Lipinski definition) is 0. The van der Waals surface area contributed by atoms with Crippen LogP contribution in [0, 0.1) is 17.6 Å². The normalized spacial score (nSPS) is 27.7. The Morgan fingerprint density at radius 2 is 1.43 bits per heavy atom. The number of benzene rings is 1. The SMILES string of the molecule is CC[C@H]1CC[C@H](c2ccc(C3CC(=C(F)F)C3)c(F)c2F)CC1. The molecule has 0 nitrogen and oxygen atoms in total. The van der Waals surface area contributed by atoms with Crippen LogP contribution < -0.4 is 0 Å². The number of hydrogen-bond donors (Lipinski definition) is 0. The first-order valence-corrected chi connectivity index (χ1v) is 8.52. The maximum atomic E-state index is 14.5. The van der Waals surface area contributed by atoms with Crippen molar-refractivity contribution in [2.75, 3.05) is 0 Å². The van der Waals surface area contributed by atoms with Gasteiger partial charge in [0, 0.05) is 0 Å². The molecule has 0 saturated heterocycles. The predicted octanol–water partition coefficient (Wildman–Crippen LogP) is 6.68. The summed E-state index contributed by atoms with van der Waals surface area (Å²) in [6.07, 6.45) is 3.68. The van der Waals surface area contributed by atoms with Crippen LogP contribution in [0.25, 0.3) is 0 Å². The second-order valence-corrected chi connectivity index (χ2v) is 6.97. The van der Waals surface area contributed by atoms with E-state index in [2.05, 4.69) is 6.92 Å². The monoisotopic (exact) mass is 326 g/mol. The third-order valence-corrected chi connectivity index (χ3v) is 5.70. The highest BCUT2D eigenvalue weighted by atomic mass is 19.3. The van der Waals surface area contributed by atoms with Crippen molar-refractivity contribution in [2.45, 2.75) is 63.7 Å². The van der Waals surface area contributed by atoms with Gasteiger partial charge >= 0.3 is 0 Å². The minimum atomic E-state index is -1.67. The molecule has 0 amide bonds. The molecule has 1 aromatic rings. The van der Waals surface area contributed by atoms with E-state index in [1.807, 2.05) is 0 Å². The largest absolute Gasteiger partial charge is 0.269 e. The molecule has 0 heterocycles. The van der Waals surface area contributed by atoms with E-state index in [4.69, 9.17) is 0 Å². The van der Waals surface area contributed by atoms with Gasteiger partial charge in [0.2, 0.25) is 0 Å². The van der Waals surface area contributed by atoms with E-state index in [-0.39, 0.29) is 35.8 Å². The van der Waals surface area contributed by atoms with E-state index >= 15 is 0 Å². The van der Waals surface area contributed by atoms with Gasteiger partial charge in [0.25, 0.3) is 6.08 Å². The molecule has 2 aliphatic rings. The summed E-state index contributed by atoms with van der Waals surface area (Å²) in [6, 6.07) is 3.29. The van der Waals surface area contributed by atoms with Crippen LogP contribution in [0.5, 0.6) is 0 Å². The molecule has 0 radical (unpaired) electrons. The van der Waals surface area contributed by atoms with E-state index in [9.17, 15) is 17.6 Å². The molecular weight excluding hydrogens is 304 g/mol. The van der Waals surface area contributed by atoms with Crippen molar-refractivity contribution in [3.8, 4) is 0 Å². The molecule has 0 aromatic heterocycles. The van der Waals surface area contributed by atoms with Crippen LogP contribution in [-0.4, -0.2) is 0 Å². The smallest absolute Gasteiger partial charge is 0.203 e. The Labute approximate surface area is 134 Å². The highest BCUT2D eigenvalue weighted by Gasteiger charge is 2.33. The lowest BCUT2D eigenvalue weighted by atomic mass is 9.74. The second kappa shape index (κ2) is 6.66. The first kappa shape index (κ1) is 16.5. The summed E-state index contributed by atoms with van der Waals surface area (Å²) in [5, 5.41) is 0. The van der Waals surface area contributed by atoms with Gasteiger partial charge in [-0.05, 0) is 73.0 Å². The maximum Gasteiger partial charge on any atom is 0.269 e. The van der Waals surface area contributed by atoms with E-state index in [1.165, 1.54) is 0 Å². The van der Waals surface area contributed by atoms with E-state index in [1.54, 1.807) is 12.1 Å². The fraction of sp³-hybridized carbons (Fsp3) is 0.579. The van der Waals surface area contributed by atoms with Crippen LogP contribution in [0.2, 0.25) is 0 Å². The lowest BCUT2D eigenvalue weighted by Gasteiger charge is -2.31. The lowest BCUT2D eigenvalue weighted by Crippen LogP contribution is -2.18. The van der Waals surface area contributed by atoms with Crippen molar-refractivity contribution in [3.05, 3.63) is 46.5 Å². The molecule has 2 saturated carbocycles. The van der Waals surface area contributed by atoms with Gasteiger partial charge in [-0.25, -0.2) is 8.78 Å². The lowest BCUT2D eigenvalue weighted by molar-refractivity contribution is 0.312. The van der Waals surface area contributed by atoms with Gasteiger partial charge in [-0.15, -0.1) is 0 Å². The van der Waals surface area contributed by atoms with E-state index < -0.39 is 17.7 Å². The molecule has 1 aromatic carbocycles. The fourth-order valence-electron chi connectivity index (χ4n) is 4.00. The molecule has 23 heavy (non-hydrogen) atoms. The van der Waals surface area contributed by atoms with Gasteiger partial charge < -0.3 is 0 Å². The Balaban J connectivity index is 1.75. The topological polar surface area (TPSA) is 0 Å². The molecule has 0 aliphatic heterocycles. The van der Waals surface area contributed by atoms with Crippen LogP contribution in [-0.2, 0) is 0 Å². The summed E-state index contributed by atoms with van der Waals surface area (Å²) in [7, 11) is 0. The third kappa shape index (κ3) is 3.17. The number of rotatable bonds is 3. The summed E-state index contributed by atoms with van der Waals surface area (Å²) in [6.45, 7) is 2.17. The van der Waals surface area contributed by atoms with Gasteiger partial charge in [0.05, 0.1) is 0 Å². The molecule has 126 valence electrons. The van der Waals surface area contributed by atoms with Crippen molar-refractivity contribution in [1.82, 2.24) is 0 Å². The van der Waals surface area contributed by atoms with Crippen LogP contribution >= 0.6 is 0 Å². The van der Waals surface area contributed by atoms with Crippen LogP contribution in [0.1, 0.15) is 74.8 Å². The molecule has 4 heteroatoms. The molecule has 0 unspecified atom stereocenters. The summed E-state index contributed by atoms with van der Waals surface area (Å²) >= 11 is 0. The van der Waals surface area contributed by atoms with E-state index in [0.29, 0.717) is 11.5 Å². The number of allylic oxidation sites excluding steroid dienone is 1. The van der Waals surface area contributed by atoms with Crippen molar-refractivity contribution in [3.63, 3.8) is 0 Å². The third-order valence-electron chi connectivity index (χ3n) is 5.70. The van der Waals surface area contributed by atoms with E-state index in [0.717, 1.165) is 32.1 Å². The maximum absolute atomic E-state index is 14.5. The minimum Gasteiger partial charge on any atom is -0.203 e. The average molecular weight is 326 g/mol. The zero-order valence-electron chi connectivity index (χ0n) is 13.3. The molecular formula is C19H22F4. The molecule has 2 fully saturated rings. The minimum absolute atomic E-state index is 0.0665. The van der Waals surface area contributed by atoms with Gasteiger partial charge in [-0.2, -0.15) is 8.78 Å². The Morgan fingerprint density at radius 3 is 1.91 bits per heavy atom. The Morgan fingerprint density at radius 1 is 0.913 bits per heavy atom. The highest BCUT2D eigenvalue weighted by Crippen LogP contribution is 2.45. The van der Waals surface area contributed by atoms with Crippen molar-refractivity contribution in [1.29, 1.82) is 0 Å². The van der Waals surface area contributed by atoms with Gasteiger partial charge in [-0.3, -0.25) is 0 Å². The van der Waals surface area contributed by atoms with Gasteiger partial charge in [0.15, 0.2) is 11.6 Å². The summed E-state index contributed by atoms with van der Waals surface area (Å²) < 4.78 is 53.7. The Hall–Kier alpha value is -1.32. The van der Waals surface area contributed by atoms with Crippen LogP contribution in [0.3, 0.4) is 0 Å². The zero-order chi connectivity index (χ0) is 16.6. The fourth-order valence-corrected chi connectivity index (χ4v) is 4.00. The molecule has 3 rings (SSSR count). The molecule has 0 atom stereocenters. The Bertz CT molecular complexity index is 600. The first-order valence-electron chi connectivity index (χ1n) is 8.52. The van der Waals surface area contributed by atoms with Crippen LogP contribution in [0.15, 0.2) is 23.8 Å². The molecule has 2 aliphatic carbocycles. The second-order valence-electron chi connectivity index (χ2n) is 6.97. The standard InChI is InChI=1S/C19H22F4/c1-2-11-3-5-12(6-4-11)15-7-8-16(18(21)17(15)20)13-9-14(10-13)19(22)23/h7-8,11-13H,2-6,9-10H2,1H3/t11-,12-. The molecule has 0 N–H and O–H groups in total. The average Bonchev–Trinajstić information content (AvgIpc) is 2.50. The van der Waals surface area contributed by atoms with Crippen molar-refractivity contribution < 1.29 is 17.6 Å². The molecule has 0 bridgehead atoms. The number of halogens is 4. The van der Waals surface area contributed by atoms with Crippen molar-refractivity contribution >= 4 is 0 Å². The molecule has 0 spiro atoms.